The van der Waals surface area contributed by atoms with Gasteiger partial charge in [-0.05, 0) is 60.4 Å². The van der Waals surface area contributed by atoms with E-state index < -0.39 is 0 Å². The second-order valence-corrected chi connectivity index (χ2v) is 5.31. The van der Waals surface area contributed by atoms with Gasteiger partial charge in [0.1, 0.15) is 11.5 Å². The van der Waals surface area contributed by atoms with Gasteiger partial charge in [-0.2, -0.15) is 10.2 Å². The van der Waals surface area contributed by atoms with Crippen molar-refractivity contribution in [1.82, 2.24) is 0 Å². The van der Waals surface area contributed by atoms with E-state index in [2.05, 4.69) is 16.8 Å². The first kappa shape index (κ1) is 20.2. The van der Waals surface area contributed by atoms with Crippen LogP contribution >= 0.6 is 0 Å². The van der Waals surface area contributed by atoms with Gasteiger partial charge in [0, 0.05) is 7.11 Å². The van der Waals surface area contributed by atoms with Crippen LogP contribution < -0.4 is 0 Å². The van der Waals surface area contributed by atoms with Gasteiger partial charge in [-0.3, -0.25) is 0 Å². The van der Waals surface area contributed by atoms with Crippen LogP contribution in [0, 0.1) is 13.8 Å². The van der Waals surface area contributed by atoms with Gasteiger partial charge >= 0.3 is 0 Å². The van der Waals surface area contributed by atoms with Gasteiger partial charge < -0.3 is 19.7 Å². The SMILES string of the molecule is C=C(O)/C(=C\C(C=NN=Cc1cc(C)c(O)c(C)c1)=C/COC)OC. The maximum Gasteiger partial charge on any atom is 0.160 e. The molecule has 0 fully saturated rings. The Bertz CT molecular complexity index is 708. The van der Waals surface area contributed by atoms with Crippen LogP contribution in [-0.4, -0.2) is 43.5 Å². The Hall–Kier alpha value is -2.86. The number of aliphatic hydroxyl groups is 1. The molecule has 0 saturated heterocycles. The van der Waals surface area contributed by atoms with E-state index in [9.17, 15) is 10.2 Å². The Morgan fingerprint density at radius 1 is 1.20 bits per heavy atom. The molecule has 0 saturated carbocycles. The van der Waals surface area contributed by atoms with Crippen LogP contribution in [0.5, 0.6) is 5.75 Å². The summed E-state index contributed by atoms with van der Waals surface area (Å²) in [6.07, 6.45) is 6.44. The average Bonchev–Trinajstić information content (AvgIpc) is 2.57. The summed E-state index contributed by atoms with van der Waals surface area (Å²) in [7, 11) is 3.01. The van der Waals surface area contributed by atoms with Gasteiger partial charge in [0.15, 0.2) is 5.76 Å². The van der Waals surface area contributed by atoms with Gasteiger partial charge in [0.2, 0.25) is 0 Å². The first-order valence-corrected chi connectivity index (χ1v) is 7.58. The standard InChI is InChI=1S/C19H24N2O4/c1-13-8-17(9-14(2)19(13)23)12-21-20-11-16(6-7-24-4)10-18(25-5)15(3)22/h6,8-12,22-23H,3,7H2,1-2,4-5H3/b16-6+,18-10+,20-11?,21-12?. The van der Waals surface area contributed by atoms with Crippen molar-refractivity contribution in [2.75, 3.05) is 20.8 Å². The van der Waals surface area contributed by atoms with Gasteiger partial charge in [0.05, 0.1) is 26.1 Å². The van der Waals surface area contributed by atoms with Crippen molar-refractivity contribution < 1.29 is 19.7 Å². The first-order valence-electron chi connectivity index (χ1n) is 7.58. The number of methoxy groups -OCH3 is 2. The van der Waals surface area contributed by atoms with E-state index in [-0.39, 0.29) is 17.3 Å². The van der Waals surface area contributed by atoms with Gasteiger partial charge in [-0.1, -0.05) is 6.58 Å². The molecule has 0 radical (unpaired) electrons. The van der Waals surface area contributed by atoms with Crippen molar-refractivity contribution in [3.63, 3.8) is 0 Å². The monoisotopic (exact) mass is 344 g/mol. The molecule has 6 nitrogen and oxygen atoms in total. The number of aromatic hydroxyl groups is 1. The van der Waals surface area contributed by atoms with Crippen molar-refractivity contribution in [3.05, 3.63) is 64.6 Å². The van der Waals surface area contributed by atoms with Crippen LogP contribution in [-0.2, 0) is 9.47 Å². The predicted octanol–water partition coefficient (Wildman–Crippen LogP) is 3.59. The lowest BCUT2D eigenvalue weighted by Gasteiger charge is -2.04. The maximum absolute atomic E-state index is 9.77. The van der Waals surface area contributed by atoms with Gasteiger partial charge in [-0.25, -0.2) is 0 Å². The molecule has 0 atom stereocenters. The molecule has 0 aromatic heterocycles. The number of benzene rings is 1. The zero-order valence-electron chi connectivity index (χ0n) is 15.0. The molecule has 0 aliphatic heterocycles. The molecule has 0 aliphatic rings. The number of phenolic OH excluding ortho intramolecular Hbond substituents is 1. The summed E-state index contributed by atoms with van der Waals surface area (Å²) in [5, 5.41) is 27.2. The number of allylic oxidation sites excluding steroid dienone is 2. The third kappa shape index (κ3) is 6.64. The predicted molar refractivity (Wildman–Crippen MR) is 100 cm³/mol. The molecule has 1 aromatic carbocycles. The molecule has 1 aromatic rings. The Balaban J connectivity index is 2.96. The fourth-order valence-corrected chi connectivity index (χ4v) is 2.00. The summed E-state index contributed by atoms with van der Waals surface area (Å²) >= 11 is 0. The van der Waals surface area contributed by atoms with Gasteiger partial charge in [0.25, 0.3) is 0 Å². The normalized spacial score (nSPS) is 13.0. The lowest BCUT2D eigenvalue weighted by Crippen LogP contribution is -1.94. The molecule has 0 aliphatic carbocycles. The minimum absolute atomic E-state index is 0.183. The lowest BCUT2D eigenvalue weighted by molar-refractivity contribution is 0.233. The van der Waals surface area contributed by atoms with Crippen molar-refractivity contribution in [3.8, 4) is 5.75 Å². The topological polar surface area (TPSA) is 83.6 Å². The van der Waals surface area contributed by atoms with E-state index in [4.69, 9.17) is 9.47 Å². The zero-order chi connectivity index (χ0) is 18.8. The number of ether oxygens (including phenoxy) is 2. The highest BCUT2D eigenvalue weighted by molar-refractivity contribution is 5.85. The minimum Gasteiger partial charge on any atom is -0.507 e. The third-order valence-corrected chi connectivity index (χ3v) is 3.28. The second-order valence-electron chi connectivity index (χ2n) is 5.31. The lowest BCUT2D eigenvalue weighted by atomic mass is 10.1. The summed E-state index contributed by atoms with van der Waals surface area (Å²) in [5.41, 5.74) is 3.04. The van der Waals surface area contributed by atoms with Crippen molar-refractivity contribution in [2.24, 2.45) is 10.2 Å². The fourth-order valence-electron chi connectivity index (χ4n) is 2.00. The summed E-state index contributed by atoms with van der Waals surface area (Å²) in [6.45, 7) is 7.45. The Morgan fingerprint density at radius 2 is 1.84 bits per heavy atom. The molecular weight excluding hydrogens is 320 g/mol. The maximum atomic E-state index is 9.77. The quantitative estimate of drug-likeness (QED) is 0.327. The molecule has 25 heavy (non-hydrogen) atoms. The highest BCUT2D eigenvalue weighted by Gasteiger charge is 2.02. The fraction of sp³-hybridized carbons (Fsp3) is 0.263. The zero-order valence-corrected chi connectivity index (χ0v) is 15.0. The van der Waals surface area contributed by atoms with Crippen molar-refractivity contribution in [2.45, 2.75) is 13.8 Å². The number of rotatable bonds is 8. The van der Waals surface area contributed by atoms with Crippen LogP contribution in [0.2, 0.25) is 0 Å². The minimum atomic E-state index is -0.183. The van der Waals surface area contributed by atoms with Crippen molar-refractivity contribution in [1.29, 1.82) is 0 Å². The molecule has 1 rings (SSSR count). The summed E-state index contributed by atoms with van der Waals surface area (Å²) < 4.78 is 10.0. The smallest absolute Gasteiger partial charge is 0.160 e. The van der Waals surface area contributed by atoms with E-state index in [1.807, 2.05) is 26.0 Å². The van der Waals surface area contributed by atoms with Gasteiger partial charge in [-0.15, -0.1) is 0 Å². The molecule has 0 amide bonds. The summed E-state index contributed by atoms with van der Waals surface area (Å²) in [4.78, 5) is 0. The number of hydrogen-bond donors (Lipinski definition) is 2. The van der Waals surface area contributed by atoms with Crippen LogP contribution in [0.1, 0.15) is 16.7 Å². The summed E-state index contributed by atoms with van der Waals surface area (Å²) in [6, 6.07) is 3.64. The van der Waals surface area contributed by atoms with E-state index >= 15 is 0 Å². The number of phenols is 1. The number of aryl methyl sites for hydroxylation is 2. The van der Waals surface area contributed by atoms with E-state index in [0.717, 1.165) is 16.7 Å². The largest absolute Gasteiger partial charge is 0.507 e. The molecule has 2 N–H and O–H groups in total. The highest BCUT2D eigenvalue weighted by Crippen LogP contribution is 2.22. The molecule has 0 bridgehead atoms. The number of nitrogens with zero attached hydrogens (tertiary/aromatic N) is 2. The summed E-state index contributed by atoms with van der Waals surface area (Å²) in [5.74, 6) is 0.326. The first-order chi connectivity index (χ1) is 11.9. The molecule has 0 unspecified atom stereocenters. The van der Waals surface area contributed by atoms with Crippen LogP contribution in [0.3, 0.4) is 0 Å². The molecule has 6 heteroatoms. The Kier molecular flexibility index (Phi) is 8.15. The molecule has 134 valence electrons. The van der Waals surface area contributed by atoms with E-state index in [1.54, 1.807) is 25.5 Å². The number of aliphatic hydroxyl groups excluding tert-OH is 1. The average molecular weight is 344 g/mol. The van der Waals surface area contributed by atoms with E-state index in [0.29, 0.717) is 12.2 Å². The van der Waals surface area contributed by atoms with Crippen LogP contribution in [0.25, 0.3) is 0 Å². The second kappa shape index (κ2) is 10.1. The van der Waals surface area contributed by atoms with Crippen LogP contribution in [0.4, 0.5) is 0 Å². The van der Waals surface area contributed by atoms with Crippen LogP contribution in [0.15, 0.2) is 58.2 Å². The van der Waals surface area contributed by atoms with E-state index in [1.165, 1.54) is 13.3 Å². The van der Waals surface area contributed by atoms with Crippen molar-refractivity contribution >= 4 is 12.4 Å². The molecule has 0 heterocycles. The molecule has 0 spiro atoms. The highest BCUT2D eigenvalue weighted by atomic mass is 16.5. The Labute approximate surface area is 148 Å². The number of hydrogen-bond acceptors (Lipinski definition) is 6. The molecular formula is C19H24N2O4. The Morgan fingerprint density at radius 3 is 2.36 bits per heavy atom. The third-order valence-electron chi connectivity index (χ3n) is 3.28.